The van der Waals surface area contributed by atoms with E-state index in [-0.39, 0.29) is 6.42 Å². The Labute approximate surface area is 75.1 Å². The highest BCUT2D eigenvalue weighted by Crippen LogP contribution is 2.21. The average molecular weight is 182 g/mol. The van der Waals surface area contributed by atoms with E-state index in [4.69, 9.17) is 14.3 Å². The van der Waals surface area contributed by atoms with Crippen molar-refractivity contribution in [2.24, 2.45) is 0 Å². The molecular formula is C9H10O4. The first-order valence-electron chi connectivity index (χ1n) is 4.15. The first-order chi connectivity index (χ1) is 6.25. The van der Waals surface area contributed by atoms with Crippen LogP contribution in [0, 0.1) is 0 Å². The van der Waals surface area contributed by atoms with Crippen molar-refractivity contribution >= 4 is 5.97 Å². The van der Waals surface area contributed by atoms with Crippen LogP contribution < -0.4 is 0 Å². The highest BCUT2D eigenvalue weighted by atomic mass is 16.5. The van der Waals surface area contributed by atoms with Crippen LogP contribution in [-0.4, -0.2) is 17.7 Å². The summed E-state index contributed by atoms with van der Waals surface area (Å²) >= 11 is 0. The molecule has 1 aliphatic rings. The number of rotatable bonds is 2. The molecule has 1 aliphatic heterocycles. The van der Waals surface area contributed by atoms with Crippen molar-refractivity contribution < 1.29 is 19.1 Å². The van der Waals surface area contributed by atoms with E-state index in [1.54, 1.807) is 0 Å². The molecule has 0 radical (unpaired) electrons. The third-order valence-corrected chi connectivity index (χ3v) is 2.02. The lowest BCUT2D eigenvalue weighted by Crippen LogP contribution is -2.06. The maximum Gasteiger partial charge on any atom is 0.311 e. The Morgan fingerprint density at radius 2 is 2.46 bits per heavy atom. The van der Waals surface area contributed by atoms with Crippen LogP contribution in [0.2, 0.25) is 0 Å². The van der Waals surface area contributed by atoms with Crippen molar-refractivity contribution in [1.82, 2.24) is 0 Å². The fraction of sp³-hybridized carbons (Fsp3) is 0.444. The van der Waals surface area contributed by atoms with Gasteiger partial charge >= 0.3 is 5.97 Å². The number of carbonyl (C=O) groups is 1. The molecule has 13 heavy (non-hydrogen) atoms. The number of aliphatic carboxylic acids is 1. The van der Waals surface area contributed by atoms with Crippen LogP contribution in [-0.2, 0) is 29.0 Å². The van der Waals surface area contributed by atoms with Gasteiger partial charge in [0.1, 0.15) is 24.5 Å². The number of carboxylic acid groups (broad SMARTS) is 1. The van der Waals surface area contributed by atoms with Gasteiger partial charge in [-0.25, -0.2) is 0 Å². The van der Waals surface area contributed by atoms with Gasteiger partial charge in [-0.2, -0.15) is 0 Å². The minimum Gasteiger partial charge on any atom is -0.481 e. The van der Waals surface area contributed by atoms with Crippen molar-refractivity contribution in [2.45, 2.75) is 19.4 Å². The van der Waals surface area contributed by atoms with Gasteiger partial charge in [0.2, 0.25) is 0 Å². The summed E-state index contributed by atoms with van der Waals surface area (Å²) in [5.74, 6) is 0.428. The van der Waals surface area contributed by atoms with E-state index >= 15 is 0 Å². The number of ether oxygens (including phenoxy) is 1. The molecule has 1 aromatic heterocycles. The van der Waals surface area contributed by atoms with Gasteiger partial charge in [0.05, 0.1) is 6.61 Å². The fourth-order valence-corrected chi connectivity index (χ4v) is 1.44. The Bertz CT molecular complexity index is 303. The maximum absolute atomic E-state index is 10.4. The lowest BCUT2D eigenvalue weighted by Gasteiger charge is -2.08. The summed E-state index contributed by atoms with van der Waals surface area (Å²) in [6.45, 7) is 1.16. The average Bonchev–Trinajstić information content (AvgIpc) is 2.44. The number of carboxylic acids is 1. The van der Waals surface area contributed by atoms with Crippen LogP contribution in [0.3, 0.4) is 0 Å². The predicted molar refractivity (Wildman–Crippen MR) is 43.4 cm³/mol. The molecule has 0 bridgehead atoms. The second kappa shape index (κ2) is 3.22. The van der Waals surface area contributed by atoms with Crippen LogP contribution in [0.4, 0.5) is 0 Å². The van der Waals surface area contributed by atoms with Crippen LogP contribution >= 0.6 is 0 Å². The van der Waals surface area contributed by atoms with Crippen molar-refractivity contribution in [2.75, 3.05) is 6.61 Å². The number of hydrogen-bond donors (Lipinski definition) is 1. The second-order valence-electron chi connectivity index (χ2n) is 3.03. The Kier molecular flexibility index (Phi) is 2.06. The molecule has 1 N–H and O–H groups in total. The van der Waals surface area contributed by atoms with E-state index in [9.17, 15) is 4.79 Å². The third-order valence-electron chi connectivity index (χ3n) is 2.02. The lowest BCUT2D eigenvalue weighted by atomic mass is 10.1. The highest BCUT2D eigenvalue weighted by molar-refractivity contribution is 5.69. The van der Waals surface area contributed by atoms with Gasteiger partial charge in [0, 0.05) is 0 Å². The van der Waals surface area contributed by atoms with E-state index in [1.807, 2.05) is 6.07 Å². The zero-order valence-corrected chi connectivity index (χ0v) is 7.08. The van der Waals surface area contributed by atoms with Crippen LogP contribution in [0.15, 0.2) is 10.5 Å². The summed E-state index contributed by atoms with van der Waals surface area (Å²) in [7, 11) is 0. The van der Waals surface area contributed by atoms with E-state index in [0.29, 0.717) is 19.0 Å². The Morgan fingerprint density at radius 3 is 3.15 bits per heavy atom. The number of furan rings is 1. The SMILES string of the molecule is O=C(O)Cc1cc2c(o1)COCC2. The van der Waals surface area contributed by atoms with Crippen molar-refractivity contribution in [3.63, 3.8) is 0 Å². The number of hydrogen-bond acceptors (Lipinski definition) is 3. The molecule has 0 fully saturated rings. The molecule has 0 amide bonds. The van der Waals surface area contributed by atoms with Gasteiger partial charge in [-0.1, -0.05) is 0 Å². The summed E-state index contributed by atoms with van der Waals surface area (Å²) in [6.07, 6.45) is 0.769. The lowest BCUT2D eigenvalue weighted by molar-refractivity contribution is -0.136. The molecule has 70 valence electrons. The van der Waals surface area contributed by atoms with Crippen molar-refractivity contribution in [1.29, 1.82) is 0 Å². The largest absolute Gasteiger partial charge is 0.481 e. The second-order valence-corrected chi connectivity index (χ2v) is 3.03. The molecule has 0 spiro atoms. The third kappa shape index (κ3) is 1.72. The minimum atomic E-state index is -0.869. The molecule has 0 aromatic carbocycles. The summed E-state index contributed by atoms with van der Waals surface area (Å²) in [4.78, 5) is 10.4. The van der Waals surface area contributed by atoms with E-state index < -0.39 is 5.97 Å². The highest BCUT2D eigenvalue weighted by Gasteiger charge is 2.16. The smallest absolute Gasteiger partial charge is 0.311 e. The Morgan fingerprint density at radius 1 is 1.62 bits per heavy atom. The van der Waals surface area contributed by atoms with E-state index in [1.165, 1.54) is 0 Å². The molecule has 0 atom stereocenters. The van der Waals surface area contributed by atoms with Gasteiger partial charge in [0.25, 0.3) is 0 Å². The van der Waals surface area contributed by atoms with Crippen molar-refractivity contribution in [3.05, 3.63) is 23.2 Å². The summed E-state index contributed by atoms with van der Waals surface area (Å²) in [5, 5.41) is 8.54. The van der Waals surface area contributed by atoms with Crippen LogP contribution in [0.25, 0.3) is 0 Å². The quantitative estimate of drug-likeness (QED) is 0.740. The van der Waals surface area contributed by atoms with Gasteiger partial charge < -0.3 is 14.3 Å². The first kappa shape index (κ1) is 8.31. The monoisotopic (exact) mass is 182 g/mol. The molecule has 4 heteroatoms. The van der Waals surface area contributed by atoms with Crippen molar-refractivity contribution in [3.8, 4) is 0 Å². The summed E-state index contributed by atoms with van der Waals surface area (Å²) in [6, 6.07) is 1.81. The van der Waals surface area contributed by atoms with Crippen LogP contribution in [0.5, 0.6) is 0 Å². The van der Waals surface area contributed by atoms with Gasteiger partial charge in [0.15, 0.2) is 0 Å². The maximum atomic E-state index is 10.4. The molecular weight excluding hydrogens is 172 g/mol. The minimum absolute atomic E-state index is 0.0486. The predicted octanol–water partition coefficient (Wildman–Crippen LogP) is 0.979. The van der Waals surface area contributed by atoms with Gasteiger partial charge in [-0.3, -0.25) is 4.79 Å². The molecule has 0 aliphatic carbocycles. The van der Waals surface area contributed by atoms with E-state index in [0.717, 1.165) is 17.7 Å². The van der Waals surface area contributed by atoms with Gasteiger partial charge in [-0.05, 0) is 18.1 Å². The molecule has 0 unspecified atom stereocenters. The normalized spacial score (nSPS) is 15.4. The van der Waals surface area contributed by atoms with E-state index in [2.05, 4.69) is 0 Å². The molecule has 2 rings (SSSR count). The summed E-state index contributed by atoms with van der Waals surface area (Å²) in [5.41, 5.74) is 1.09. The zero-order chi connectivity index (χ0) is 9.26. The Hall–Kier alpha value is -1.29. The zero-order valence-electron chi connectivity index (χ0n) is 7.08. The standard InChI is InChI=1S/C9H10O4/c10-9(11)4-7-3-6-1-2-12-5-8(6)13-7/h3H,1-2,4-5H2,(H,10,11). The molecule has 2 heterocycles. The van der Waals surface area contributed by atoms with Crippen LogP contribution in [0.1, 0.15) is 17.1 Å². The Balaban J connectivity index is 2.20. The van der Waals surface area contributed by atoms with Gasteiger partial charge in [-0.15, -0.1) is 0 Å². The number of fused-ring (bicyclic) bond motifs is 1. The molecule has 0 saturated heterocycles. The summed E-state index contributed by atoms with van der Waals surface area (Å²) < 4.78 is 10.5. The first-order valence-corrected chi connectivity index (χ1v) is 4.15. The molecule has 1 aromatic rings. The topological polar surface area (TPSA) is 59.7 Å². The fourth-order valence-electron chi connectivity index (χ4n) is 1.44. The molecule has 0 saturated carbocycles. The molecule has 4 nitrogen and oxygen atoms in total.